The second-order valence-electron chi connectivity index (χ2n) is 3.34. The molecule has 0 N–H and O–H groups in total. The summed E-state index contributed by atoms with van der Waals surface area (Å²) in [5.74, 6) is -0.138. The van der Waals surface area contributed by atoms with Crippen LogP contribution in [0.25, 0.3) is 10.8 Å². The second kappa shape index (κ2) is 3.58. The number of aromatic nitrogens is 1. The van der Waals surface area contributed by atoms with Crippen molar-refractivity contribution >= 4 is 17.1 Å². The maximum absolute atomic E-state index is 10.7. The van der Waals surface area contributed by atoms with Gasteiger partial charge in [0.1, 0.15) is 6.29 Å². The first-order valence-electron chi connectivity index (χ1n) is 4.62. The molecule has 1 atom stereocenters. The van der Waals surface area contributed by atoms with Crippen molar-refractivity contribution in [2.24, 2.45) is 0 Å². The van der Waals surface area contributed by atoms with Crippen LogP contribution in [-0.2, 0) is 4.79 Å². The van der Waals surface area contributed by atoms with Gasteiger partial charge in [-0.2, -0.15) is 0 Å². The Morgan fingerprint density at radius 1 is 1.29 bits per heavy atom. The Labute approximate surface area is 82.6 Å². The van der Waals surface area contributed by atoms with Crippen molar-refractivity contribution < 1.29 is 4.79 Å². The van der Waals surface area contributed by atoms with Gasteiger partial charge in [0, 0.05) is 11.6 Å². The number of pyridine rings is 1. The van der Waals surface area contributed by atoms with Gasteiger partial charge in [0.25, 0.3) is 0 Å². The third-order valence-corrected chi connectivity index (χ3v) is 2.34. The fourth-order valence-electron chi connectivity index (χ4n) is 1.57. The molecule has 14 heavy (non-hydrogen) atoms. The largest absolute Gasteiger partial charge is 0.303 e. The van der Waals surface area contributed by atoms with E-state index in [-0.39, 0.29) is 5.92 Å². The van der Waals surface area contributed by atoms with Crippen LogP contribution >= 0.6 is 0 Å². The summed E-state index contributed by atoms with van der Waals surface area (Å²) in [6.45, 7) is 1.86. The number of rotatable bonds is 2. The van der Waals surface area contributed by atoms with E-state index in [1.807, 2.05) is 37.3 Å². The van der Waals surface area contributed by atoms with Crippen LogP contribution < -0.4 is 0 Å². The molecule has 1 heterocycles. The average molecular weight is 185 g/mol. The van der Waals surface area contributed by atoms with Crippen molar-refractivity contribution in [3.63, 3.8) is 0 Å². The second-order valence-corrected chi connectivity index (χ2v) is 3.34. The van der Waals surface area contributed by atoms with Crippen LogP contribution in [0.5, 0.6) is 0 Å². The first kappa shape index (κ1) is 8.88. The van der Waals surface area contributed by atoms with Crippen LogP contribution in [0.2, 0.25) is 0 Å². The highest BCUT2D eigenvalue weighted by Gasteiger charge is 2.08. The molecule has 0 amide bonds. The summed E-state index contributed by atoms with van der Waals surface area (Å²) in [5.41, 5.74) is 0.859. The lowest BCUT2D eigenvalue weighted by Gasteiger charge is -2.06. The van der Waals surface area contributed by atoms with Crippen molar-refractivity contribution in [2.75, 3.05) is 0 Å². The van der Waals surface area contributed by atoms with Crippen LogP contribution in [0, 0.1) is 0 Å². The van der Waals surface area contributed by atoms with Gasteiger partial charge in [0.05, 0.1) is 11.6 Å². The van der Waals surface area contributed by atoms with Gasteiger partial charge >= 0.3 is 0 Å². The summed E-state index contributed by atoms with van der Waals surface area (Å²) in [7, 11) is 0. The molecule has 0 fully saturated rings. The van der Waals surface area contributed by atoms with Gasteiger partial charge in [-0.3, -0.25) is 4.98 Å². The summed E-state index contributed by atoms with van der Waals surface area (Å²) < 4.78 is 0. The molecule has 1 unspecified atom stereocenters. The highest BCUT2D eigenvalue weighted by atomic mass is 16.1. The van der Waals surface area contributed by atoms with Crippen molar-refractivity contribution in [1.29, 1.82) is 0 Å². The van der Waals surface area contributed by atoms with Gasteiger partial charge < -0.3 is 4.79 Å². The van der Waals surface area contributed by atoms with Crippen LogP contribution in [0.1, 0.15) is 18.5 Å². The average Bonchev–Trinajstić information content (AvgIpc) is 2.27. The molecule has 0 saturated carbocycles. The molecular weight excluding hydrogens is 174 g/mol. The van der Waals surface area contributed by atoms with E-state index in [0.717, 1.165) is 22.8 Å². The van der Waals surface area contributed by atoms with Crippen LogP contribution in [0.15, 0.2) is 36.5 Å². The van der Waals surface area contributed by atoms with Gasteiger partial charge in [-0.1, -0.05) is 31.2 Å². The van der Waals surface area contributed by atoms with E-state index < -0.39 is 0 Å². The number of fused-ring (bicyclic) bond motifs is 1. The smallest absolute Gasteiger partial charge is 0.128 e. The number of carbonyl (C=O) groups is 1. The monoisotopic (exact) mass is 185 g/mol. The first-order valence-corrected chi connectivity index (χ1v) is 4.62. The fraction of sp³-hybridized carbons (Fsp3) is 0.167. The van der Waals surface area contributed by atoms with Gasteiger partial charge in [-0.05, 0) is 11.5 Å². The number of hydrogen-bond donors (Lipinski definition) is 0. The molecule has 70 valence electrons. The molecule has 0 bridgehead atoms. The third kappa shape index (κ3) is 1.39. The topological polar surface area (TPSA) is 30.0 Å². The Balaban J connectivity index is 2.70. The summed E-state index contributed by atoms with van der Waals surface area (Å²) in [5, 5.41) is 2.20. The minimum absolute atomic E-state index is 0.138. The molecule has 0 radical (unpaired) electrons. The lowest BCUT2D eigenvalue weighted by Crippen LogP contribution is -1.98. The molecule has 0 aliphatic heterocycles. The number of hydrogen-bond acceptors (Lipinski definition) is 2. The van der Waals surface area contributed by atoms with Crippen molar-refractivity contribution in [2.45, 2.75) is 12.8 Å². The Hall–Kier alpha value is -1.70. The zero-order chi connectivity index (χ0) is 9.97. The number of benzene rings is 1. The highest BCUT2D eigenvalue weighted by Crippen LogP contribution is 2.21. The van der Waals surface area contributed by atoms with E-state index in [0.29, 0.717) is 0 Å². The van der Waals surface area contributed by atoms with Crippen molar-refractivity contribution in [3.05, 3.63) is 42.2 Å². The maximum atomic E-state index is 10.7. The van der Waals surface area contributed by atoms with E-state index in [1.54, 1.807) is 6.20 Å². The molecule has 2 rings (SSSR count). The van der Waals surface area contributed by atoms with Gasteiger partial charge in [0.15, 0.2) is 0 Å². The summed E-state index contributed by atoms with van der Waals surface area (Å²) in [6, 6.07) is 9.93. The minimum Gasteiger partial charge on any atom is -0.303 e. The molecule has 0 aliphatic carbocycles. The van der Waals surface area contributed by atoms with Crippen molar-refractivity contribution in [1.82, 2.24) is 4.98 Å². The van der Waals surface area contributed by atoms with Crippen LogP contribution in [0.3, 0.4) is 0 Å². The van der Waals surface area contributed by atoms with E-state index in [4.69, 9.17) is 0 Å². The van der Waals surface area contributed by atoms with Crippen molar-refractivity contribution in [3.8, 4) is 0 Å². The van der Waals surface area contributed by atoms with E-state index >= 15 is 0 Å². The van der Waals surface area contributed by atoms with E-state index in [1.165, 1.54) is 0 Å². The Morgan fingerprint density at radius 2 is 2.07 bits per heavy atom. The quantitative estimate of drug-likeness (QED) is 0.673. The lowest BCUT2D eigenvalue weighted by atomic mass is 10.0. The fourth-order valence-corrected chi connectivity index (χ4v) is 1.57. The molecular formula is C12H11NO. The van der Waals surface area contributed by atoms with E-state index in [9.17, 15) is 4.79 Å². The molecule has 0 aliphatic rings. The minimum atomic E-state index is -0.138. The van der Waals surface area contributed by atoms with Gasteiger partial charge in [-0.15, -0.1) is 0 Å². The molecule has 1 aromatic heterocycles. The summed E-state index contributed by atoms with van der Waals surface area (Å²) >= 11 is 0. The van der Waals surface area contributed by atoms with Gasteiger partial charge in [-0.25, -0.2) is 0 Å². The molecule has 2 nitrogen and oxygen atoms in total. The zero-order valence-corrected chi connectivity index (χ0v) is 7.97. The lowest BCUT2D eigenvalue weighted by molar-refractivity contribution is -0.108. The first-order chi connectivity index (χ1) is 6.83. The third-order valence-electron chi connectivity index (χ3n) is 2.34. The Kier molecular flexibility index (Phi) is 2.27. The number of carbonyl (C=O) groups excluding carboxylic acids is 1. The standard InChI is InChI=1S/C12H11NO/c1-9(8-14)12-11-5-3-2-4-10(11)6-7-13-12/h2-9H,1H3. The number of nitrogens with zero attached hydrogens (tertiary/aromatic N) is 1. The van der Waals surface area contributed by atoms with E-state index in [2.05, 4.69) is 4.98 Å². The van der Waals surface area contributed by atoms with Crippen LogP contribution in [-0.4, -0.2) is 11.3 Å². The summed E-state index contributed by atoms with van der Waals surface area (Å²) in [4.78, 5) is 15.0. The predicted molar refractivity (Wildman–Crippen MR) is 56.2 cm³/mol. The highest BCUT2D eigenvalue weighted by molar-refractivity contribution is 5.86. The Bertz CT molecular complexity index is 459. The van der Waals surface area contributed by atoms with Crippen LogP contribution in [0.4, 0.5) is 0 Å². The molecule has 2 heteroatoms. The maximum Gasteiger partial charge on any atom is 0.128 e. The molecule has 1 aromatic carbocycles. The molecule has 2 aromatic rings. The van der Waals surface area contributed by atoms with Gasteiger partial charge in [0.2, 0.25) is 0 Å². The predicted octanol–water partition coefficient (Wildman–Crippen LogP) is 2.54. The normalized spacial score (nSPS) is 12.6. The zero-order valence-electron chi connectivity index (χ0n) is 7.97. The summed E-state index contributed by atoms with van der Waals surface area (Å²) in [6.07, 6.45) is 2.67. The number of aldehydes is 1. The molecule has 0 spiro atoms. The Morgan fingerprint density at radius 3 is 2.86 bits per heavy atom. The molecule has 0 saturated heterocycles. The SMILES string of the molecule is CC(C=O)c1nccc2ccccc12.